The van der Waals surface area contributed by atoms with Crippen molar-refractivity contribution < 1.29 is 30.0 Å². The van der Waals surface area contributed by atoms with Crippen LogP contribution in [0.5, 0.6) is 0 Å². The molecule has 13 heavy (non-hydrogen) atoms. The summed E-state index contributed by atoms with van der Waals surface area (Å²) in [6.07, 6.45) is -2.69. The number of aliphatic hydroxyl groups is 2. The quantitative estimate of drug-likeness (QED) is 0.439. The average molecular weight is 202 g/mol. The number of aliphatic hydroxyl groups excluding tert-OH is 2. The molecule has 0 bridgehead atoms. The number of carbonyl (C=O) groups excluding carboxylic acids is 2. The SMILES string of the molecule is C[C@H](O)C(=O)[O-].C[C@H](O)C(=O)[O-].[Mg+2]. The van der Waals surface area contributed by atoms with Crippen LogP contribution < -0.4 is 10.2 Å². The minimum absolute atomic E-state index is 0. The third kappa shape index (κ3) is 18.5. The van der Waals surface area contributed by atoms with Gasteiger partial charge in [0.25, 0.3) is 0 Å². The summed E-state index contributed by atoms with van der Waals surface area (Å²) in [5, 5.41) is 34.6. The van der Waals surface area contributed by atoms with E-state index in [0.717, 1.165) is 13.8 Å². The van der Waals surface area contributed by atoms with Crippen molar-refractivity contribution in [3.8, 4) is 0 Å². The minimum atomic E-state index is -1.44. The number of carboxylic acid groups (broad SMARTS) is 2. The Morgan fingerprint density at radius 1 is 1.00 bits per heavy atom. The molecule has 0 saturated heterocycles. The third-order valence-corrected chi connectivity index (χ3v) is 0.682. The van der Waals surface area contributed by atoms with Crippen molar-refractivity contribution in [1.29, 1.82) is 0 Å². The molecule has 0 heterocycles. The largest absolute Gasteiger partial charge is 2.00 e. The Hall–Kier alpha value is -0.374. The van der Waals surface area contributed by atoms with Crippen LogP contribution in [0.3, 0.4) is 0 Å². The molecule has 0 aliphatic carbocycles. The van der Waals surface area contributed by atoms with Crippen LogP contribution >= 0.6 is 0 Å². The Morgan fingerprint density at radius 3 is 1.08 bits per heavy atom. The molecule has 0 unspecified atom stereocenters. The molecular formula is C6H10MgO6. The zero-order valence-electron chi connectivity index (χ0n) is 7.39. The summed E-state index contributed by atoms with van der Waals surface area (Å²) < 4.78 is 0. The number of hydrogen-bond acceptors (Lipinski definition) is 6. The smallest absolute Gasteiger partial charge is 0.547 e. The Balaban J connectivity index is -0.000000143. The molecule has 0 amide bonds. The molecule has 7 heteroatoms. The van der Waals surface area contributed by atoms with Crippen LogP contribution in [0.15, 0.2) is 0 Å². The van der Waals surface area contributed by atoms with Crippen LogP contribution in [-0.2, 0) is 9.59 Å². The van der Waals surface area contributed by atoms with E-state index in [9.17, 15) is 19.8 Å². The maximum absolute atomic E-state index is 9.34. The van der Waals surface area contributed by atoms with Crippen LogP contribution in [-0.4, -0.2) is 57.4 Å². The number of hydrogen-bond donors (Lipinski definition) is 2. The average Bonchev–Trinajstić information content (AvgIpc) is 1.88. The molecule has 0 spiro atoms. The van der Waals surface area contributed by atoms with E-state index in [2.05, 4.69) is 0 Å². The van der Waals surface area contributed by atoms with E-state index in [1.54, 1.807) is 0 Å². The standard InChI is InChI=1S/2C3H6O3.Mg/c2*1-2(4)3(5)6;/h2*2,4H,1H3,(H,5,6);/q;;+2/p-2/t2*2-;/m00./s1. The zero-order valence-corrected chi connectivity index (χ0v) is 8.80. The molecule has 0 aromatic heterocycles. The molecule has 0 aromatic carbocycles. The normalized spacial score (nSPS) is 12.6. The van der Waals surface area contributed by atoms with Gasteiger partial charge in [-0.15, -0.1) is 0 Å². The summed E-state index contributed by atoms with van der Waals surface area (Å²) in [6.45, 7) is 2.27. The van der Waals surface area contributed by atoms with Crippen molar-refractivity contribution in [2.24, 2.45) is 0 Å². The van der Waals surface area contributed by atoms with Gasteiger partial charge >= 0.3 is 23.1 Å². The summed E-state index contributed by atoms with van der Waals surface area (Å²) >= 11 is 0. The molecular weight excluding hydrogens is 192 g/mol. The van der Waals surface area contributed by atoms with Crippen molar-refractivity contribution in [3.63, 3.8) is 0 Å². The number of carboxylic acids is 2. The molecule has 0 radical (unpaired) electrons. The van der Waals surface area contributed by atoms with E-state index in [4.69, 9.17) is 10.2 Å². The van der Waals surface area contributed by atoms with E-state index in [1.807, 2.05) is 0 Å². The molecule has 0 aromatic rings. The Labute approximate surface area is 91.3 Å². The van der Waals surface area contributed by atoms with Crippen molar-refractivity contribution in [2.45, 2.75) is 26.1 Å². The zero-order chi connectivity index (χ0) is 10.3. The molecule has 2 N–H and O–H groups in total. The molecule has 6 nitrogen and oxygen atoms in total. The number of carbonyl (C=O) groups is 2. The van der Waals surface area contributed by atoms with E-state index >= 15 is 0 Å². The second kappa shape index (κ2) is 9.71. The monoisotopic (exact) mass is 202 g/mol. The second-order valence-electron chi connectivity index (χ2n) is 1.99. The van der Waals surface area contributed by atoms with Gasteiger partial charge in [-0.2, -0.15) is 0 Å². The fourth-order valence-corrected chi connectivity index (χ4v) is 0. The number of rotatable bonds is 2. The van der Waals surface area contributed by atoms with Gasteiger partial charge in [-0.25, -0.2) is 0 Å². The Morgan fingerprint density at radius 2 is 1.08 bits per heavy atom. The minimum Gasteiger partial charge on any atom is -0.547 e. The summed E-state index contributed by atoms with van der Waals surface area (Å²) in [4.78, 5) is 18.7. The molecule has 0 rings (SSSR count). The van der Waals surface area contributed by atoms with E-state index in [-0.39, 0.29) is 23.1 Å². The maximum atomic E-state index is 9.34. The van der Waals surface area contributed by atoms with Crippen LogP contribution in [0.2, 0.25) is 0 Å². The van der Waals surface area contributed by atoms with Crippen molar-refractivity contribution in [1.82, 2.24) is 0 Å². The molecule has 0 aliphatic heterocycles. The predicted octanol–water partition coefficient (Wildman–Crippen LogP) is -4.15. The van der Waals surface area contributed by atoms with Gasteiger partial charge in [0.05, 0.1) is 24.1 Å². The third-order valence-electron chi connectivity index (χ3n) is 0.682. The number of aliphatic carboxylic acids is 2. The van der Waals surface area contributed by atoms with Gasteiger partial charge in [0.15, 0.2) is 0 Å². The van der Waals surface area contributed by atoms with E-state index < -0.39 is 24.1 Å². The van der Waals surface area contributed by atoms with Gasteiger partial charge < -0.3 is 30.0 Å². The van der Waals surface area contributed by atoms with Crippen molar-refractivity contribution in [3.05, 3.63) is 0 Å². The summed E-state index contributed by atoms with van der Waals surface area (Å²) in [7, 11) is 0. The summed E-state index contributed by atoms with van der Waals surface area (Å²) in [5.41, 5.74) is 0. The molecule has 0 aliphatic rings. The Kier molecular flexibility index (Phi) is 13.8. The van der Waals surface area contributed by atoms with Crippen LogP contribution in [0.1, 0.15) is 13.8 Å². The molecule has 0 fully saturated rings. The van der Waals surface area contributed by atoms with Crippen LogP contribution in [0, 0.1) is 0 Å². The van der Waals surface area contributed by atoms with E-state index in [0.29, 0.717) is 0 Å². The maximum Gasteiger partial charge on any atom is 2.00 e. The van der Waals surface area contributed by atoms with Crippen molar-refractivity contribution in [2.75, 3.05) is 0 Å². The van der Waals surface area contributed by atoms with Crippen molar-refractivity contribution >= 4 is 35.0 Å². The Bertz CT molecular complexity index is 137. The van der Waals surface area contributed by atoms with Crippen LogP contribution in [0.4, 0.5) is 0 Å². The predicted molar refractivity (Wildman–Crippen MR) is 39.1 cm³/mol. The topological polar surface area (TPSA) is 121 Å². The summed E-state index contributed by atoms with van der Waals surface area (Å²) in [6, 6.07) is 0. The van der Waals surface area contributed by atoms with Gasteiger partial charge in [-0.05, 0) is 13.8 Å². The van der Waals surface area contributed by atoms with E-state index in [1.165, 1.54) is 0 Å². The fourth-order valence-electron chi connectivity index (χ4n) is 0. The van der Waals surface area contributed by atoms with Gasteiger partial charge in [0.2, 0.25) is 0 Å². The molecule has 0 saturated carbocycles. The van der Waals surface area contributed by atoms with Gasteiger partial charge in [0, 0.05) is 0 Å². The first-order valence-corrected chi connectivity index (χ1v) is 3.06. The second-order valence-corrected chi connectivity index (χ2v) is 1.99. The molecule has 2 atom stereocenters. The van der Waals surface area contributed by atoms with Gasteiger partial charge in [0.1, 0.15) is 0 Å². The first-order chi connectivity index (χ1) is 5.29. The van der Waals surface area contributed by atoms with Gasteiger partial charge in [-0.1, -0.05) is 0 Å². The first kappa shape index (κ1) is 18.4. The fraction of sp³-hybridized carbons (Fsp3) is 0.667. The van der Waals surface area contributed by atoms with Crippen LogP contribution in [0.25, 0.3) is 0 Å². The molecule has 72 valence electrons. The first-order valence-electron chi connectivity index (χ1n) is 3.06. The van der Waals surface area contributed by atoms with Gasteiger partial charge in [-0.3, -0.25) is 0 Å². The summed E-state index contributed by atoms with van der Waals surface area (Å²) in [5.74, 6) is -2.87.